The average molecular weight is 339 g/mol. The molecule has 0 saturated heterocycles. The van der Waals surface area contributed by atoms with Gasteiger partial charge in [-0.05, 0) is 42.5 Å². The number of benzene rings is 3. The predicted molar refractivity (Wildman–Crippen MR) is 97.8 cm³/mol. The molecular formula is C18H17N3O2S. The lowest BCUT2D eigenvalue weighted by Gasteiger charge is -2.12. The van der Waals surface area contributed by atoms with Crippen molar-refractivity contribution >= 4 is 32.8 Å². The van der Waals surface area contributed by atoms with Gasteiger partial charge in [0.15, 0.2) is 0 Å². The molecule has 5 nitrogen and oxygen atoms in total. The van der Waals surface area contributed by atoms with E-state index in [4.69, 9.17) is 5.73 Å². The van der Waals surface area contributed by atoms with Crippen molar-refractivity contribution in [3.05, 3.63) is 78.9 Å². The van der Waals surface area contributed by atoms with Crippen molar-refractivity contribution in [1.29, 1.82) is 0 Å². The average Bonchev–Trinajstić information content (AvgIpc) is 2.58. The van der Waals surface area contributed by atoms with Crippen LogP contribution in [-0.4, -0.2) is 8.42 Å². The highest BCUT2D eigenvalue weighted by atomic mass is 32.2. The van der Waals surface area contributed by atoms with E-state index in [1.165, 1.54) is 12.1 Å². The number of nitrogen functional groups attached to an aromatic ring is 1. The van der Waals surface area contributed by atoms with Crippen LogP contribution in [0, 0.1) is 0 Å². The molecule has 0 fully saturated rings. The lowest BCUT2D eigenvalue weighted by molar-refractivity contribution is 0.601. The first-order chi connectivity index (χ1) is 11.5. The van der Waals surface area contributed by atoms with Gasteiger partial charge in [0.1, 0.15) is 0 Å². The lowest BCUT2D eigenvalue weighted by Crippen LogP contribution is -2.13. The van der Waals surface area contributed by atoms with E-state index in [-0.39, 0.29) is 4.90 Å². The fourth-order valence-corrected chi connectivity index (χ4v) is 3.31. The summed E-state index contributed by atoms with van der Waals surface area (Å²) in [7, 11) is -3.68. The topological polar surface area (TPSA) is 84.2 Å². The molecule has 4 N–H and O–H groups in total. The van der Waals surface area contributed by atoms with E-state index >= 15 is 0 Å². The molecule has 3 rings (SSSR count). The van der Waals surface area contributed by atoms with Crippen LogP contribution >= 0.6 is 0 Å². The zero-order chi connectivity index (χ0) is 17.0. The summed E-state index contributed by atoms with van der Waals surface area (Å²) >= 11 is 0. The van der Waals surface area contributed by atoms with E-state index in [9.17, 15) is 8.42 Å². The number of anilines is 4. The third-order valence-electron chi connectivity index (χ3n) is 3.41. The van der Waals surface area contributed by atoms with Crippen molar-refractivity contribution in [3.63, 3.8) is 0 Å². The molecule has 122 valence electrons. The van der Waals surface area contributed by atoms with E-state index in [1.54, 1.807) is 30.3 Å². The van der Waals surface area contributed by atoms with Crippen LogP contribution in [0.25, 0.3) is 0 Å². The van der Waals surface area contributed by atoms with Crippen LogP contribution in [-0.2, 0) is 10.0 Å². The fraction of sp³-hybridized carbons (Fsp3) is 0. The van der Waals surface area contributed by atoms with Crippen LogP contribution in [0.1, 0.15) is 0 Å². The Morgan fingerprint density at radius 1 is 0.750 bits per heavy atom. The zero-order valence-electron chi connectivity index (χ0n) is 12.8. The molecule has 0 amide bonds. The van der Waals surface area contributed by atoms with Gasteiger partial charge in [-0.3, -0.25) is 4.72 Å². The highest BCUT2D eigenvalue weighted by Crippen LogP contribution is 2.26. The molecule has 0 heterocycles. The maximum absolute atomic E-state index is 12.4. The predicted octanol–water partition coefficient (Wildman–Crippen LogP) is 3.81. The van der Waals surface area contributed by atoms with E-state index in [1.807, 2.05) is 36.4 Å². The highest BCUT2D eigenvalue weighted by Gasteiger charge is 2.15. The first-order valence-corrected chi connectivity index (χ1v) is 8.82. The zero-order valence-corrected chi connectivity index (χ0v) is 13.6. The molecule has 6 heteroatoms. The molecule has 0 bridgehead atoms. The number of nitrogens with two attached hydrogens (primary N) is 1. The Bertz CT molecular complexity index is 927. The molecule has 0 aliphatic heterocycles. The molecule has 0 aromatic heterocycles. The van der Waals surface area contributed by atoms with Gasteiger partial charge in [-0.2, -0.15) is 0 Å². The Labute approximate surface area is 141 Å². The normalized spacial score (nSPS) is 11.0. The summed E-state index contributed by atoms with van der Waals surface area (Å²) in [6.07, 6.45) is 0. The lowest BCUT2D eigenvalue weighted by atomic mass is 10.2. The van der Waals surface area contributed by atoms with Crippen molar-refractivity contribution in [2.45, 2.75) is 4.90 Å². The van der Waals surface area contributed by atoms with Gasteiger partial charge in [0.2, 0.25) is 0 Å². The van der Waals surface area contributed by atoms with Gasteiger partial charge < -0.3 is 11.1 Å². The van der Waals surface area contributed by atoms with Crippen LogP contribution in [0.4, 0.5) is 22.7 Å². The standard InChI is InChI=1S/C18H17N3O2S/c19-17-13-16(24(22,23)21-15-9-5-2-6-10-15)11-12-18(17)20-14-7-3-1-4-8-14/h1-13,20-21H,19H2. The van der Waals surface area contributed by atoms with E-state index in [0.717, 1.165) is 5.69 Å². The number of hydrogen-bond acceptors (Lipinski definition) is 4. The summed E-state index contributed by atoms with van der Waals surface area (Å²) in [6, 6.07) is 22.9. The molecule has 0 atom stereocenters. The van der Waals surface area contributed by atoms with Crippen LogP contribution in [0.5, 0.6) is 0 Å². The molecule has 0 radical (unpaired) electrons. The van der Waals surface area contributed by atoms with Gasteiger partial charge in [0.25, 0.3) is 10.0 Å². The van der Waals surface area contributed by atoms with E-state index < -0.39 is 10.0 Å². The van der Waals surface area contributed by atoms with Crippen LogP contribution in [0.3, 0.4) is 0 Å². The van der Waals surface area contributed by atoms with E-state index in [2.05, 4.69) is 10.0 Å². The molecule has 3 aromatic carbocycles. The van der Waals surface area contributed by atoms with Gasteiger partial charge >= 0.3 is 0 Å². The van der Waals surface area contributed by atoms with Gasteiger partial charge in [-0.25, -0.2) is 8.42 Å². The Morgan fingerprint density at radius 2 is 1.33 bits per heavy atom. The van der Waals surface area contributed by atoms with Crippen LogP contribution in [0.2, 0.25) is 0 Å². The quantitative estimate of drug-likeness (QED) is 0.617. The van der Waals surface area contributed by atoms with Crippen molar-refractivity contribution in [1.82, 2.24) is 0 Å². The minimum Gasteiger partial charge on any atom is -0.397 e. The summed E-state index contributed by atoms with van der Waals surface area (Å²) in [6.45, 7) is 0. The third kappa shape index (κ3) is 3.67. The first kappa shape index (κ1) is 15.9. The monoisotopic (exact) mass is 339 g/mol. The second kappa shape index (κ2) is 6.64. The number of nitrogens with one attached hydrogen (secondary N) is 2. The molecule has 0 aliphatic carbocycles. The highest BCUT2D eigenvalue weighted by molar-refractivity contribution is 7.92. The summed E-state index contributed by atoms with van der Waals surface area (Å²) in [5.74, 6) is 0. The first-order valence-electron chi connectivity index (χ1n) is 7.34. The van der Waals surface area contributed by atoms with Gasteiger partial charge in [-0.15, -0.1) is 0 Å². The smallest absolute Gasteiger partial charge is 0.261 e. The Kier molecular flexibility index (Phi) is 4.39. The molecule has 0 unspecified atom stereocenters. The number of sulfonamides is 1. The van der Waals surface area contributed by atoms with Crippen molar-refractivity contribution in [2.24, 2.45) is 0 Å². The minimum absolute atomic E-state index is 0.113. The summed E-state index contributed by atoms with van der Waals surface area (Å²) in [5.41, 5.74) is 8.39. The van der Waals surface area contributed by atoms with Gasteiger partial charge in [-0.1, -0.05) is 36.4 Å². The minimum atomic E-state index is -3.68. The number of para-hydroxylation sites is 2. The molecular weight excluding hydrogens is 322 g/mol. The summed E-state index contributed by atoms with van der Waals surface area (Å²) < 4.78 is 27.4. The fourth-order valence-electron chi connectivity index (χ4n) is 2.22. The largest absolute Gasteiger partial charge is 0.397 e. The molecule has 0 saturated carbocycles. The molecule has 3 aromatic rings. The third-order valence-corrected chi connectivity index (χ3v) is 4.79. The molecule has 24 heavy (non-hydrogen) atoms. The molecule has 0 spiro atoms. The molecule has 0 aliphatic rings. The summed E-state index contributed by atoms with van der Waals surface area (Å²) in [4.78, 5) is 0.113. The van der Waals surface area contributed by atoms with Gasteiger partial charge in [0.05, 0.1) is 16.3 Å². The second-order valence-corrected chi connectivity index (χ2v) is 6.89. The van der Waals surface area contributed by atoms with Crippen molar-refractivity contribution in [3.8, 4) is 0 Å². The SMILES string of the molecule is Nc1cc(S(=O)(=O)Nc2ccccc2)ccc1Nc1ccccc1. The number of rotatable bonds is 5. The van der Waals surface area contributed by atoms with Crippen molar-refractivity contribution < 1.29 is 8.42 Å². The Balaban J connectivity index is 1.83. The van der Waals surface area contributed by atoms with Crippen molar-refractivity contribution in [2.75, 3.05) is 15.8 Å². The Morgan fingerprint density at radius 3 is 1.92 bits per heavy atom. The summed E-state index contributed by atoms with van der Waals surface area (Å²) in [5, 5.41) is 3.16. The number of hydrogen-bond donors (Lipinski definition) is 3. The second-order valence-electron chi connectivity index (χ2n) is 5.21. The Hall–Kier alpha value is -2.99. The maximum Gasteiger partial charge on any atom is 0.261 e. The van der Waals surface area contributed by atoms with Crippen LogP contribution < -0.4 is 15.8 Å². The van der Waals surface area contributed by atoms with Gasteiger partial charge in [0, 0.05) is 11.4 Å². The van der Waals surface area contributed by atoms with Crippen LogP contribution in [0.15, 0.2) is 83.8 Å². The van der Waals surface area contributed by atoms with E-state index in [0.29, 0.717) is 17.1 Å². The maximum atomic E-state index is 12.4.